The lowest BCUT2D eigenvalue weighted by Crippen LogP contribution is -1.98. The molecule has 4 heteroatoms. The molecule has 0 aromatic heterocycles. The van der Waals surface area contributed by atoms with E-state index in [0.29, 0.717) is 5.56 Å². The van der Waals surface area contributed by atoms with Crippen molar-refractivity contribution in [1.29, 1.82) is 0 Å². The van der Waals surface area contributed by atoms with E-state index in [2.05, 4.69) is 0 Å². The number of benzene rings is 1. The fraction of sp³-hybridized carbons (Fsp3) is 0.250. The normalized spacial score (nSPS) is 12.8. The first-order valence-electron chi connectivity index (χ1n) is 3.49. The highest BCUT2D eigenvalue weighted by atomic mass is 32.2. The van der Waals surface area contributed by atoms with Crippen LogP contribution in [0.15, 0.2) is 24.3 Å². The van der Waals surface area contributed by atoms with Gasteiger partial charge in [-0.25, -0.2) is 4.21 Å². The molecule has 0 saturated carbocycles. The van der Waals surface area contributed by atoms with Crippen molar-refractivity contribution in [3.63, 3.8) is 0 Å². The Labute approximate surface area is 73.3 Å². The molecule has 0 aliphatic rings. The monoisotopic (exact) mass is 186 g/mol. The topological polar surface area (TPSA) is 57.5 Å². The molecule has 0 heterocycles. The van der Waals surface area contributed by atoms with Gasteiger partial charge in [0.05, 0.1) is 12.4 Å². The zero-order valence-corrected chi connectivity index (χ0v) is 7.25. The minimum atomic E-state index is -1.84. The van der Waals surface area contributed by atoms with Crippen LogP contribution in [0, 0.1) is 0 Å². The van der Waals surface area contributed by atoms with Gasteiger partial charge in [0.1, 0.15) is 0 Å². The second kappa shape index (κ2) is 4.35. The van der Waals surface area contributed by atoms with E-state index in [1.807, 2.05) is 0 Å². The zero-order chi connectivity index (χ0) is 8.97. The summed E-state index contributed by atoms with van der Waals surface area (Å²) in [5.41, 5.74) is 1.43. The summed E-state index contributed by atoms with van der Waals surface area (Å²) in [6, 6.07) is 7.04. The quantitative estimate of drug-likeness (QED) is 0.689. The van der Waals surface area contributed by atoms with Crippen LogP contribution in [0.1, 0.15) is 11.1 Å². The molecule has 1 aromatic carbocycles. The number of hydrogen-bond donors (Lipinski definition) is 2. The Kier molecular flexibility index (Phi) is 3.40. The largest absolute Gasteiger partial charge is 0.392 e. The fourth-order valence-corrected chi connectivity index (χ4v) is 1.53. The summed E-state index contributed by atoms with van der Waals surface area (Å²) in [6.07, 6.45) is 0. The average Bonchev–Trinajstić information content (AvgIpc) is 2.04. The number of aliphatic hydroxyl groups excluding tert-OH is 1. The maximum Gasteiger partial charge on any atom is 0.157 e. The Bertz CT molecular complexity index is 285. The summed E-state index contributed by atoms with van der Waals surface area (Å²) in [5, 5.41) is 8.85. The third-order valence-corrected chi connectivity index (χ3v) is 2.13. The number of hydrogen-bond acceptors (Lipinski definition) is 2. The van der Waals surface area contributed by atoms with E-state index in [4.69, 9.17) is 9.66 Å². The maximum absolute atomic E-state index is 10.5. The van der Waals surface area contributed by atoms with Crippen LogP contribution in [0.4, 0.5) is 0 Å². The lowest BCUT2D eigenvalue weighted by Gasteiger charge is -2.03. The van der Waals surface area contributed by atoms with Gasteiger partial charge in [0.25, 0.3) is 0 Å². The van der Waals surface area contributed by atoms with E-state index >= 15 is 0 Å². The lowest BCUT2D eigenvalue weighted by molar-refractivity contribution is 0.281. The minimum Gasteiger partial charge on any atom is -0.392 e. The molecule has 0 radical (unpaired) electrons. The van der Waals surface area contributed by atoms with Crippen molar-refractivity contribution >= 4 is 11.1 Å². The van der Waals surface area contributed by atoms with Crippen LogP contribution in [0.5, 0.6) is 0 Å². The predicted molar refractivity (Wildman–Crippen MR) is 46.8 cm³/mol. The second-order valence-corrected chi connectivity index (χ2v) is 3.32. The Balaban J connectivity index is 2.89. The SMILES string of the molecule is O=S(O)Cc1ccccc1CO. The molecule has 0 aliphatic carbocycles. The van der Waals surface area contributed by atoms with Gasteiger partial charge < -0.3 is 9.66 Å². The minimum absolute atomic E-state index is 0.0801. The standard InChI is InChI=1S/C8H10O3S/c9-5-7-3-1-2-4-8(7)6-12(10)11/h1-4,9H,5-6H2,(H,10,11). The molecule has 0 amide bonds. The summed E-state index contributed by atoms with van der Waals surface area (Å²) < 4.78 is 19.1. The highest BCUT2D eigenvalue weighted by Crippen LogP contribution is 2.09. The molecule has 1 unspecified atom stereocenters. The Morgan fingerprint density at radius 1 is 1.25 bits per heavy atom. The van der Waals surface area contributed by atoms with Crippen LogP contribution in [-0.2, 0) is 23.4 Å². The van der Waals surface area contributed by atoms with Gasteiger partial charge in [-0.15, -0.1) is 0 Å². The van der Waals surface area contributed by atoms with Gasteiger partial charge >= 0.3 is 0 Å². The molecule has 0 spiro atoms. The Morgan fingerprint density at radius 2 is 1.83 bits per heavy atom. The van der Waals surface area contributed by atoms with E-state index in [1.165, 1.54) is 0 Å². The highest BCUT2D eigenvalue weighted by Gasteiger charge is 2.02. The van der Waals surface area contributed by atoms with E-state index in [1.54, 1.807) is 24.3 Å². The molecule has 0 aliphatic heterocycles. The Hall–Kier alpha value is -0.710. The van der Waals surface area contributed by atoms with Gasteiger partial charge in [0, 0.05) is 0 Å². The first-order valence-corrected chi connectivity index (χ1v) is 4.76. The second-order valence-electron chi connectivity index (χ2n) is 2.39. The molecular formula is C8H10O3S. The van der Waals surface area contributed by atoms with Crippen LogP contribution in [0.2, 0.25) is 0 Å². The van der Waals surface area contributed by atoms with Gasteiger partial charge in [-0.2, -0.15) is 0 Å². The van der Waals surface area contributed by atoms with Gasteiger partial charge in [-0.05, 0) is 11.1 Å². The molecule has 0 bridgehead atoms. The van der Waals surface area contributed by atoms with E-state index in [0.717, 1.165) is 5.56 Å². The van der Waals surface area contributed by atoms with E-state index in [9.17, 15) is 4.21 Å². The molecule has 0 saturated heterocycles. The van der Waals surface area contributed by atoms with Crippen molar-refractivity contribution in [3.05, 3.63) is 35.4 Å². The predicted octanol–water partition coefficient (Wildman–Crippen LogP) is 0.901. The summed E-state index contributed by atoms with van der Waals surface area (Å²) in [7, 11) is 0. The van der Waals surface area contributed by atoms with Crippen molar-refractivity contribution in [2.24, 2.45) is 0 Å². The summed E-state index contributed by atoms with van der Waals surface area (Å²) >= 11 is -1.84. The smallest absolute Gasteiger partial charge is 0.157 e. The van der Waals surface area contributed by atoms with Crippen LogP contribution in [0.25, 0.3) is 0 Å². The maximum atomic E-state index is 10.5. The molecular weight excluding hydrogens is 176 g/mol. The summed E-state index contributed by atoms with van der Waals surface area (Å²) in [6.45, 7) is -0.0899. The van der Waals surface area contributed by atoms with Crippen LogP contribution in [0.3, 0.4) is 0 Å². The van der Waals surface area contributed by atoms with Gasteiger partial charge in [0.2, 0.25) is 0 Å². The molecule has 0 fully saturated rings. The van der Waals surface area contributed by atoms with Gasteiger partial charge in [-0.3, -0.25) is 0 Å². The van der Waals surface area contributed by atoms with Crippen LogP contribution >= 0.6 is 0 Å². The molecule has 66 valence electrons. The molecule has 1 aromatic rings. The third-order valence-electron chi connectivity index (χ3n) is 1.57. The van der Waals surface area contributed by atoms with Crippen LogP contribution < -0.4 is 0 Å². The number of aliphatic hydroxyl groups is 1. The van der Waals surface area contributed by atoms with Crippen molar-refractivity contribution in [3.8, 4) is 0 Å². The molecule has 1 rings (SSSR count). The zero-order valence-electron chi connectivity index (χ0n) is 6.43. The average molecular weight is 186 g/mol. The summed E-state index contributed by atoms with van der Waals surface area (Å²) in [4.78, 5) is 0. The van der Waals surface area contributed by atoms with Crippen molar-refractivity contribution < 1.29 is 13.9 Å². The molecule has 1 atom stereocenters. The highest BCUT2D eigenvalue weighted by molar-refractivity contribution is 7.78. The van der Waals surface area contributed by atoms with Crippen molar-refractivity contribution in [2.45, 2.75) is 12.4 Å². The van der Waals surface area contributed by atoms with Crippen LogP contribution in [-0.4, -0.2) is 13.9 Å². The van der Waals surface area contributed by atoms with Gasteiger partial charge in [-0.1, -0.05) is 24.3 Å². The van der Waals surface area contributed by atoms with E-state index < -0.39 is 11.1 Å². The fourth-order valence-electron chi connectivity index (χ4n) is 0.986. The Morgan fingerprint density at radius 3 is 2.33 bits per heavy atom. The molecule has 3 nitrogen and oxygen atoms in total. The first kappa shape index (κ1) is 9.38. The van der Waals surface area contributed by atoms with E-state index in [-0.39, 0.29) is 12.4 Å². The lowest BCUT2D eigenvalue weighted by atomic mass is 10.1. The van der Waals surface area contributed by atoms with Crippen molar-refractivity contribution in [2.75, 3.05) is 0 Å². The molecule has 12 heavy (non-hydrogen) atoms. The van der Waals surface area contributed by atoms with Gasteiger partial charge in [0.15, 0.2) is 11.1 Å². The molecule has 2 N–H and O–H groups in total. The summed E-state index contributed by atoms with van der Waals surface area (Å²) in [5.74, 6) is 0.0801. The third kappa shape index (κ3) is 2.41. The van der Waals surface area contributed by atoms with Crippen molar-refractivity contribution in [1.82, 2.24) is 0 Å². The number of rotatable bonds is 3. The first-order chi connectivity index (χ1) is 5.74.